The molecule has 0 unspecified atom stereocenters. The number of carbonyl (C=O) groups excluding carboxylic acids is 2. The highest BCUT2D eigenvalue weighted by molar-refractivity contribution is 5.95. The van der Waals surface area contributed by atoms with Gasteiger partial charge in [-0.2, -0.15) is 0 Å². The van der Waals surface area contributed by atoms with Crippen molar-refractivity contribution in [3.05, 3.63) is 59.7 Å². The van der Waals surface area contributed by atoms with Crippen LogP contribution in [0.15, 0.2) is 48.5 Å². The van der Waals surface area contributed by atoms with Crippen LogP contribution in [-0.2, 0) is 16.2 Å². The number of aryl methyl sites for hydroxylation is 1. The molecule has 0 aromatic heterocycles. The number of amides is 2. The van der Waals surface area contributed by atoms with E-state index >= 15 is 0 Å². The molecule has 2 rings (SSSR count). The van der Waals surface area contributed by atoms with Gasteiger partial charge in [0.25, 0.3) is 0 Å². The lowest BCUT2D eigenvalue weighted by atomic mass is 10.1. The molecular formula is C21H28ClN3O3. The molecule has 0 saturated heterocycles. The van der Waals surface area contributed by atoms with Crippen molar-refractivity contribution in [1.82, 2.24) is 5.32 Å². The van der Waals surface area contributed by atoms with Crippen LogP contribution in [0, 0.1) is 12.8 Å². The third-order valence-corrected chi connectivity index (χ3v) is 4.22. The van der Waals surface area contributed by atoms with E-state index in [1.54, 1.807) is 18.2 Å². The first kappa shape index (κ1) is 23.5. The Labute approximate surface area is 172 Å². The third kappa shape index (κ3) is 7.21. The summed E-state index contributed by atoms with van der Waals surface area (Å²) < 4.78 is 5.81. The van der Waals surface area contributed by atoms with Gasteiger partial charge in [-0.25, -0.2) is 0 Å². The zero-order chi connectivity index (χ0) is 19.8. The van der Waals surface area contributed by atoms with Gasteiger partial charge in [-0.1, -0.05) is 44.2 Å². The molecule has 0 aliphatic heterocycles. The number of nitrogens with two attached hydrogens (primary N) is 1. The predicted molar refractivity (Wildman–Crippen MR) is 114 cm³/mol. The number of hydrogen-bond acceptors (Lipinski definition) is 4. The summed E-state index contributed by atoms with van der Waals surface area (Å²) in [6.07, 6.45) is 0. The number of ether oxygens (including phenoxy) is 1. The van der Waals surface area contributed by atoms with Crippen molar-refractivity contribution in [2.24, 2.45) is 11.7 Å². The summed E-state index contributed by atoms with van der Waals surface area (Å²) in [4.78, 5) is 23.8. The van der Waals surface area contributed by atoms with Crippen LogP contribution in [0.5, 0.6) is 5.75 Å². The maximum Gasteiger partial charge on any atom is 0.243 e. The number of rotatable bonds is 8. The van der Waals surface area contributed by atoms with Crippen LogP contribution in [0.3, 0.4) is 0 Å². The van der Waals surface area contributed by atoms with Gasteiger partial charge in [-0.05, 0) is 36.1 Å². The summed E-state index contributed by atoms with van der Waals surface area (Å²) >= 11 is 0. The highest BCUT2D eigenvalue weighted by Gasteiger charge is 2.17. The Morgan fingerprint density at radius 2 is 1.82 bits per heavy atom. The minimum Gasteiger partial charge on any atom is -0.489 e. The summed E-state index contributed by atoms with van der Waals surface area (Å²) in [6.45, 7) is 6.06. The molecule has 6 nitrogen and oxygen atoms in total. The minimum absolute atomic E-state index is 0. The molecule has 4 N–H and O–H groups in total. The van der Waals surface area contributed by atoms with Gasteiger partial charge in [0.15, 0.2) is 0 Å². The highest BCUT2D eigenvalue weighted by atomic mass is 35.5. The number of nitrogens with one attached hydrogen (secondary N) is 2. The fourth-order valence-corrected chi connectivity index (χ4v) is 2.39. The fourth-order valence-electron chi connectivity index (χ4n) is 2.39. The van der Waals surface area contributed by atoms with Crippen LogP contribution >= 0.6 is 12.4 Å². The molecule has 2 aromatic rings. The zero-order valence-electron chi connectivity index (χ0n) is 16.4. The van der Waals surface area contributed by atoms with Gasteiger partial charge < -0.3 is 21.1 Å². The second kappa shape index (κ2) is 11.3. The number of benzene rings is 2. The van der Waals surface area contributed by atoms with Crippen molar-refractivity contribution in [2.75, 3.05) is 11.9 Å². The average molecular weight is 406 g/mol. The van der Waals surface area contributed by atoms with Crippen LogP contribution in [0.4, 0.5) is 5.69 Å². The molecule has 2 aromatic carbocycles. The van der Waals surface area contributed by atoms with E-state index in [2.05, 4.69) is 10.6 Å². The van der Waals surface area contributed by atoms with Crippen molar-refractivity contribution in [2.45, 2.75) is 33.4 Å². The first-order chi connectivity index (χ1) is 12.9. The van der Waals surface area contributed by atoms with E-state index in [4.69, 9.17) is 10.5 Å². The smallest absolute Gasteiger partial charge is 0.243 e. The number of hydrogen-bond donors (Lipinski definition) is 3. The van der Waals surface area contributed by atoms with Crippen molar-refractivity contribution < 1.29 is 14.3 Å². The monoisotopic (exact) mass is 405 g/mol. The van der Waals surface area contributed by atoms with E-state index in [1.807, 2.05) is 51.1 Å². The Morgan fingerprint density at radius 1 is 1.11 bits per heavy atom. The minimum atomic E-state index is -0.629. The van der Waals surface area contributed by atoms with Crippen molar-refractivity contribution >= 4 is 29.9 Å². The van der Waals surface area contributed by atoms with Gasteiger partial charge in [-0.15, -0.1) is 12.4 Å². The quantitative estimate of drug-likeness (QED) is 0.629. The summed E-state index contributed by atoms with van der Waals surface area (Å²) in [6, 6.07) is 14.5. The molecule has 0 saturated carbocycles. The van der Waals surface area contributed by atoms with E-state index in [0.29, 0.717) is 18.0 Å². The Hall–Kier alpha value is -2.57. The van der Waals surface area contributed by atoms with Gasteiger partial charge >= 0.3 is 0 Å². The van der Waals surface area contributed by atoms with Crippen molar-refractivity contribution in [1.29, 1.82) is 0 Å². The summed E-state index contributed by atoms with van der Waals surface area (Å²) in [5.41, 5.74) is 8.62. The Bertz CT molecular complexity index is 796. The van der Waals surface area contributed by atoms with Crippen LogP contribution in [0.25, 0.3) is 0 Å². The fraction of sp³-hybridized carbons (Fsp3) is 0.333. The summed E-state index contributed by atoms with van der Waals surface area (Å²) in [5.74, 6) is 0.00267. The standard InChI is InChI=1S/C21H27N3O3.ClH/c1-14(2)20(22)21(26)23-12-19(25)24-17-9-6-10-18(11-17)27-13-16-8-5-4-7-15(16)3;/h4-11,14,20H,12-13,22H2,1-3H3,(H,23,26)(H,24,25);1H/t20-;/m0./s1. The summed E-state index contributed by atoms with van der Waals surface area (Å²) in [7, 11) is 0. The SMILES string of the molecule is Cc1ccccc1COc1cccc(NC(=O)CNC(=O)[C@@H](N)C(C)C)c1.Cl. The predicted octanol–water partition coefficient (Wildman–Crippen LogP) is 3.03. The van der Waals surface area contributed by atoms with E-state index in [0.717, 1.165) is 11.1 Å². The lowest BCUT2D eigenvalue weighted by molar-refractivity contribution is -0.125. The molecule has 0 radical (unpaired) electrons. The van der Waals surface area contributed by atoms with E-state index in [-0.39, 0.29) is 36.7 Å². The molecule has 0 aliphatic rings. The highest BCUT2D eigenvalue weighted by Crippen LogP contribution is 2.19. The molecule has 0 heterocycles. The van der Waals surface area contributed by atoms with Gasteiger partial charge in [0, 0.05) is 11.8 Å². The molecular weight excluding hydrogens is 378 g/mol. The molecule has 152 valence electrons. The van der Waals surface area contributed by atoms with E-state index in [9.17, 15) is 9.59 Å². The normalized spacial score (nSPS) is 11.3. The second-order valence-electron chi connectivity index (χ2n) is 6.78. The molecule has 0 bridgehead atoms. The molecule has 7 heteroatoms. The maximum absolute atomic E-state index is 12.0. The van der Waals surface area contributed by atoms with Crippen molar-refractivity contribution in [3.63, 3.8) is 0 Å². The number of halogens is 1. The second-order valence-corrected chi connectivity index (χ2v) is 6.78. The molecule has 28 heavy (non-hydrogen) atoms. The van der Waals surface area contributed by atoms with Gasteiger partial charge in [0.2, 0.25) is 11.8 Å². The van der Waals surface area contributed by atoms with E-state index in [1.165, 1.54) is 0 Å². The third-order valence-electron chi connectivity index (χ3n) is 4.22. The largest absolute Gasteiger partial charge is 0.489 e. The molecule has 0 aliphatic carbocycles. The van der Waals surface area contributed by atoms with Crippen LogP contribution in [-0.4, -0.2) is 24.4 Å². The molecule has 2 amide bonds. The van der Waals surface area contributed by atoms with Crippen LogP contribution in [0.1, 0.15) is 25.0 Å². The Balaban J connectivity index is 0.00000392. The Kier molecular flexibility index (Phi) is 9.48. The van der Waals surface area contributed by atoms with Crippen molar-refractivity contribution in [3.8, 4) is 5.75 Å². The number of carbonyl (C=O) groups is 2. The lowest BCUT2D eigenvalue weighted by Crippen LogP contribution is -2.46. The molecule has 0 fully saturated rings. The van der Waals surface area contributed by atoms with E-state index < -0.39 is 6.04 Å². The van der Waals surface area contributed by atoms with Gasteiger partial charge in [-0.3, -0.25) is 9.59 Å². The van der Waals surface area contributed by atoms with Gasteiger partial charge in [0.1, 0.15) is 12.4 Å². The van der Waals surface area contributed by atoms with Crippen LogP contribution in [0.2, 0.25) is 0 Å². The lowest BCUT2D eigenvalue weighted by Gasteiger charge is -2.15. The first-order valence-corrected chi connectivity index (χ1v) is 8.97. The zero-order valence-corrected chi connectivity index (χ0v) is 17.2. The Morgan fingerprint density at radius 3 is 2.50 bits per heavy atom. The first-order valence-electron chi connectivity index (χ1n) is 8.97. The number of anilines is 1. The molecule has 0 spiro atoms. The molecule has 1 atom stereocenters. The topological polar surface area (TPSA) is 93.5 Å². The summed E-state index contributed by atoms with van der Waals surface area (Å²) in [5, 5.41) is 5.28. The van der Waals surface area contributed by atoms with Crippen LogP contribution < -0.4 is 21.1 Å². The maximum atomic E-state index is 12.0. The average Bonchev–Trinajstić information content (AvgIpc) is 2.65. The van der Waals surface area contributed by atoms with Gasteiger partial charge in [0.05, 0.1) is 12.6 Å².